The van der Waals surface area contributed by atoms with Crippen LogP contribution >= 0.6 is 11.6 Å². The Bertz CT molecular complexity index is 677. The summed E-state index contributed by atoms with van der Waals surface area (Å²) in [5, 5.41) is 0.771. The van der Waals surface area contributed by atoms with Crippen LogP contribution in [0, 0.1) is 0 Å². The minimum absolute atomic E-state index is 0.140. The highest BCUT2D eigenvalue weighted by Gasteiger charge is 2.36. The Hall–Kier alpha value is -2.28. The first kappa shape index (κ1) is 16.1. The van der Waals surface area contributed by atoms with Crippen molar-refractivity contribution in [2.75, 3.05) is 12.1 Å². The van der Waals surface area contributed by atoms with Crippen molar-refractivity contribution in [3.63, 3.8) is 0 Å². The van der Waals surface area contributed by atoms with Gasteiger partial charge in [-0.2, -0.15) is 13.2 Å². The lowest BCUT2D eigenvalue weighted by Crippen LogP contribution is -2.41. The van der Waals surface area contributed by atoms with Crippen LogP contribution in [-0.2, 0) is 6.18 Å². The summed E-state index contributed by atoms with van der Waals surface area (Å²) in [6, 6.07) is 8.87. The quantitative estimate of drug-likeness (QED) is 0.876. The summed E-state index contributed by atoms with van der Waals surface area (Å²) >= 11 is 5.56. The van der Waals surface area contributed by atoms with Gasteiger partial charge < -0.3 is 0 Å². The molecule has 0 aliphatic rings. The van der Waals surface area contributed by atoms with Crippen LogP contribution in [0.4, 0.5) is 19.0 Å². The van der Waals surface area contributed by atoms with Gasteiger partial charge in [0.2, 0.25) is 0 Å². The molecule has 0 aliphatic carbocycles. The van der Waals surface area contributed by atoms with Gasteiger partial charge in [0.05, 0.1) is 5.02 Å². The predicted octanol–water partition coefficient (Wildman–Crippen LogP) is 3.54. The number of aromatic nitrogens is 1. The average molecular weight is 330 g/mol. The van der Waals surface area contributed by atoms with Gasteiger partial charge in [-0.25, -0.2) is 4.98 Å². The van der Waals surface area contributed by atoms with Crippen molar-refractivity contribution in [2.45, 2.75) is 6.18 Å². The van der Waals surface area contributed by atoms with E-state index in [1.165, 1.54) is 7.05 Å². The molecule has 1 aromatic heterocycles. The van der Waals surface area contributed by atoms with Gasteiger partial charge in [0.1, 0.15) is 5.56 Å². The van der Waals surface area contributed by atoms with E-state index in [1.54, 1.807) is 30.3 Å². The third-order valence-electron chi connectivity index (χ3n) is 2.76. The van der Waals surface area contributed by atoms with Gasteiger partial charge in [-0.15, -0.1) is 0 Å². The predicted molar refractivity (Wildman–Crippen MR) is 76.6 cm³/mol. The van der Waals surface area contributed by atoms with Gasteiger partial charge in [0.25, 0.3) is 5.91 Å². The maximum atomic E-state index is 13.0. The fourth-order valence-electron chi connectivity index (χ4n) is 1.77. The molecule has 0 atom stereocenters. The number of benzene rings is 1. The molecule has 116 valence electrons. The zero-order valence-corrected chi connectivity index (χ0v) is 12.1. The first-order chi connectivity index (χ1) is 10.3. The van der Waals surface area contributed by atoms with Gasteiger partial charge in [-0.05, 0) is 18.2 Å². The highest BCUT2D eigenvalue weighted by molar-refractivity contribution is 6.30. The lowest BCUT2D eigenvalue weighted by atomic mass is 10.2. The zero-order valence-electron chi connectivity index (χ0n) is 11.4. The lowest BCUT2D eigenvalue weighted by molar-refractivity contribution is -0.137. The number of hydrogen-bond donors (Lipinski definition) is 1. The van der Waals surface area contributed by atoms with Crippen molar-refractivity contribution in [2.24, 2.45) is 0 Å². The van der Waals surface area contributed by atoms with Crippen LogP contribution in [0.3, 0.4) is 0 Å². The number of amides is 1. The van der Waals surface area contributed by atoms with Crippen LogP contribution in [-0.4, -0.2) is 17.9 Å². The number of carbonyl (C=O) groups excluding carboxylic acids is 1. The van der Waals surface area contributed by atoms with Gasteiger partial charge >= 0.3 is 6.18 Å². The van der Waals surface area contributed by atoms with E-state index in [4.69, 9.17) is 11.6 Å². The second-order valence-corrected chi connectivity index (χ2v) is 4.82. The molecule has 0 radical (unpaired) electrons. The molecule has 0 unspecified atom stereocenters. The lowest BCUT2D eigenvalue weighted by Gasteiger charge is -2.22. The molecule has 1 aromatic carbocycles. The fourth-order valence-corrected chi connectivity index (χ4v) is 1.93. The Morgan fingerprint density at radius 3 is 2.50 bits per heavy atom. The summed E-state index contributed by atoms with van der Waals surface area (Å²) < 4.78 is 39.0. The normalized spacial score (nSPS) is 11.1. The number of halogens is 4. The van der Waals surface area contributed by atoms with Crippen molar-refractivity contribution >= 4 is 23.3 Å². The SMILES string of the molecule is CN(NC(=O)c1ccccc1)c1ncc(Cl)cc1C(F)(F)F. The second kappa shape index (κ2) is 6.23. The van der Waals surface area contributed by atoms with Gasteiger partial charge in [0.15, 0.2) is 5.82 Å². The summed E-state index contributed by atoms with van der Waals surface area (Å²) in [5.74, 6) is -0.992. The van der Waals surface area contributed by atoms with E-state index in [9.17, 15) is 18.0 Å². The number of hydrogen-bond acceptors (Lipinski definition) is 3. The number of anilines is 1. The van der Waals surface area contributed by atoms with Gasteiger partial charge in [0, 0.05) is 18.8 Å². The summed E-state index contributed by atoms with van der Waals surface area (Å²) in [4.78, 5) is 15.6. The molecule has 1 N–H and O–H groups in total. The maximum absolute atomic E-state index is 13.0. The van der Waals surface area contributed by atoms with E-state index in [0.717, 1.165) is 17.3 Å². The molecule has 1 heterocycles. The summed E-state index contributed by atoms with van der Waals surface area (Å²) in [6.45, 7) is 0. The number of alkyl halides is 3. The summed E-state index contributed by atoms with van der Waals surface area (Å²) in [5.41, 5.74) is 1.62. The summed E-state index contributed by atoms with van der Waals surface area (Å²) in [6.07, 6.45) is -3.56. The molecule has 22 heavy (non-hydrogen) atoms. The smallest absolute Gasteiger partial charge is 0.271 e. The Labute approximate surface area is 129 Å². The largest absolute Gasteiger partial charge is 0.420 e. The van der Waals surface area contributed by atoms with E-state index < -0.39 is 23.5 Å². The minimum Gasteiger partial charge on any atom is -0.271 e. The number of carbonyl (C=O) groups is 1. The van der Waals surface area contributed by atoms with Crippen molar-refractivity contribution < 1.29 is 18.0 Å². The molecule has 0 saturated heterocycles. The number of hydrazine groups is 1. The average Bonchev–Trinajstić information content (AvgIpc) is 2.47. The van der Waals surface area contributed by atoms with Crippen molar-refractivity contribution in [3.05, 3.63) is 58.7 Å². The van der Waals surface area contributed by atoms with Crippen LogP contribution in [0.1, 0.15) is 15.9 Å². The number of nitrogens with one attached hydrogen (secondary N) is 1. The molecule has 2 aromatic rings. The first-order valence-electron chi connectivity index (χ1n) is 6.11. The molecule has 0 bridgehead atoms. The molecular formula is C14H11ClF3N3O. The maximum Gasteiger partial charge on any atom is 0.420 e. The molecule has 4 nitrogen and oxygen atoms in total. The highest BCUT2D eigenvalue weighted by atomic mass is 35.5. The summed E-state index contributed by atoms with van der Waals surface area (Å²) in [7, 11) is 1.27. The molecule has 0 spiro atoms. The number of rotatable bonds is 3. The second-order valence-electron chi connectivity index (χ2n) is 4.39. The van der Waals surface area contributed by atoms with Gasteiger partial charge in [-0.1, -0.05) is 29.8 Å². The third-order valence-corrected chi connectivity index (χ3v) is 2.97. The molecule has 0 aliphatic heterocycles. The zero-order chi connectivity index (χ0) is 16.3. The van der Waals surface area contributed by atoms with Crippen LogP contribution in [0.15, 0.2) is 42.6 Å². The van der Waals surface area contributed by atoms with E-state index >= 15 is 0 Å². The van der Waals surface area contributed by atoms with Crippen LogP contribution in [0.25, 0.3) is 0 Å². The third kappa shape index (κ3) is 3.67. The molecular weight excluding hydrogens is 319 g/mol. The molecule has 0 fully saturated rings. The highest BCUT2D eigenvalue weighted by Crippen LogP contribution is 2.36. The standard InChI is InChI=1S/C14H11ClF3N3O/c1-21(20-13(22)9-5-3-2-4-6-9)12-11(14(16,17)18)7-10(15)8-19-12/h2-8H,1H3,(H,20,22). The van der Waals surface area contributed by atoms with Crippen molar-refractivity contribution in [3.8, 4) is 0 Å². The minimum atomic E-state index is -4.64. The molecule has 2 rings (SSSR count). The number of nitrogens with zero attached hydrogens (tertiary/aromatic N) is 2. The van der Waals surface area contributed by atoms with Crippen molar-refractivity contribution in [1.82, 2.24) is 10.4 Å². The van der Waals surface area contributed by atoms with E-state index in [0.29, 0.717) is 5.56 Å². The first-order valence-corrected chi connectivity index (χ1v) is 6.49. The molecule has 0 saturated carbocycles. The molecule has 8 heteroatoms. The topological polar surface area (TPSA) is 45.2 Å². The Morgan fingerprint density at radius 2 is 1.91 bits per heavy atom. The fraction of sp³-hybridized carbons (Fsp3) is 0.143. The van der Waals surface area contributed by atoms with E-state index in [-0.39, 0.29) is 5.02 Å². The van der Waals surface area contributed by atoms with Crippen molar-refractivity contribution in [1.29, 1.82) is 0 Å². The van der Waals surface area contributed by atoms with E-state index in [1.807, 2.05) is 0 Å². The Kier molecular flexibility index (Phi) is 4.56. The van der Waals surface area contributed by atoms with Gasteiger partial charge in [-0.3, -0.25) is 15.2 Å². The molecule has 1 amide bonds. The van der Waals surface area contributed by atoms with Crippen LogP contribution in [0.2, 0.25) is 5.02 Å². The van der Waals surface area contributed by atoms with Crippen LogP contribution < -0.4 is 10.4 Å². The Morgan fingerprint density at radius 1 is 1.27 bits per heavy atom. The Balaban J connectivity index is 2.27. The number of pyridine rings is 1. The van der Waals surface area contributed by atoms with Crippen LogP contribution in [0.5, 0.6) is 0 Å². The van der Waals surface area contributed by atoms with E-state index in [2.05, 4.69) is 10.4 Å². The monoisotopic (exact) mass is 329 g/mol.